The van der Waals surface area contributed by atoms with E-state index in [0.717, 1.165) is 28.3 Å². The van der Waals surface area contributed by atoms with Crippen molar-refractivity contribution in [1.29, 1.82) is 0 Å². The minimum absolute atomic E-state index is 0.518. The molecule has 12 aromatic rings. The first-order valence-electron chi connectivity index (χ1n) is 22.5. The summed E-state index contributed by atoms with van der Waals surface area (Å²) in [6, 6.07) is 93.9. The second kappa shape index (κ2) is 14.8. The first-order valence-corrected chi connectivity index (χ1v) is 22.5. The van der Waals surface area contributed by atoms with Crippen molar-refractivity contribution < 1.29 is 0 Å². The highest BCUT2D eigenvalue weighted by Crippen LogP contribution is 2.59. The lowest BCUT2D eigenvalue weighted by molar-refractivity contribution is 0.768. The van der Waals surface area contributed by atoms with Gasteiger partial charge in [0.1, 0.15) is 0 Å². The van der Waals surface area contributed by atoms with Crippen molar-refractivity contribution >= 4 is 60.4 Å². The van der Waals surface area contributed by atoms with Crippen LogP contribution in [0.1, 0.15) is 22.3 Å². The van der Waals surface area contributed by atoms with Crippen LogP contribution in [0.15, 0.2) is 255 Å². The fraction of sp³-hybridized carbons (Fsp3) is 0.0159. The lowest BCUT2D eigenvalue weighted by Crippen LogP contribution is -2.28. The molecule has 0 saturated heterocycles. The van der Waals surface area contributed by atoms with E-state index in [2.05, 4.69) is 264 Å². The van der Waals surface area contributed by atoms with Crippen molar-refractivity contribution in [3.05, 3.63) is 277 Å². The molecule has 304 valence electrons. The summed E-state index contributed by atoms with van der Waals surface area (Å²) in [6.45, 7) is 0. The number of fused-ring (bicyclic) bond motifs is 9. The maximum absolute atomic E-state index is 2.51. The first kappa shape index (κ1) is 37.1. The van der Waals surface area contributed by atoms with Crippen molar-refractivity contribution in [2.24, 2.45) is 0 Å². The van der Waals surface area contributed by atoms with Gasteiger partial charge in [-0.1, -0.05) is 200 Å². The summed E-state index contributed by atoms with van der Waals surface area (Å²) >= 11 is 0. The number of rotatable bonds is 7. The molecule has 0 aliphatic heterocycles. The van der Waals surface area contributed by atoms with Crippen LogP contribution in [0.5, 0.6) is 0 Å². The minimum Gasteiger partial charge on any atom is -0.310 e. The van der Waals surface area contributed by atoms with Gasteiger partial charge in [-0.2, -0.15) is 0 Å². The van der Waals surface area contributed by atoms with Crippen molar-refractivity contribution in [1.82, 2.24) is 4.57 Å². The monoisotopic (exact) mass is 826 g/mol. The molecule has 2 heteroatoms. The van der Waals surface area contributed by atoms with E-state index in [-0.39, 0.29) is 0 Å². The average molecular weight is 827 g/mol. The smallest absolute Gasteiger partial charge is 0.0714 e. The molecule has 1 heterocycles. The summed E-state index contributed by atoms with van der Waals surface area (Å²) in [5.74, 6) is 0. The van der Waals surface area contributed by atoms with E-state index in [1.54, 1.807) is 0 Å². The third-order valence-corrected chi connectivity index (χ3v) is 13.8. The van der Waals surface area contributed by atoms with Crippen LogP contribution in [-0.2, 0) is 5.41 Å². The minimum atomic E-state index is -0.518. The van der Waals surface area contributed by atoms with Crippen LogP contribution in [0, 0.1) is 0 Å². The number of anilines is 3. The van der Waals surface area contributed by atoms with E-state index in [9.17, 15) is 0 Å². The van der Waals surface area contributed by atoms with Gasteiger partial charge < -0.3 is 9.47 Å². The van der Waals surface area contributed by atoms with Crippen LogP contribution in [0.2, 0.25) is 0 Å². The van der Waals surface area contributed by atoms with Crippen LogP contribution in [-0.4, -0.2) is 4.57 Å². The molecule has 2 nitrogen and oxygen atoms in total. The highest BCUT2D eigenvalue weighted by molar-refractivity contribution is 6.24. The molecule has 0 amide bonds. The van der Waals surface area contributed by atoms with Crippen LogP contribution >= 0.6 is 0 Å². The van der Waals surface area contributed by atoms with Gasteiger partial charge in [-0.15, -0.1) is 0 Å². The van der Waals surface area contributed by atoms with E-state index in [4.69, 9.17) is 0 Å². The van der Waals surface area contributed by atoms with Gasteiger partial charge in [0, 0.05) is 38.8 Å². The Morgan fingerprint density at radius 1 is 0.369 bits per heavy atom. The second-order valence-corrected chi connectivity index (χ2v) is 17.2. The highest BCUT2D eigenvalue weighted by atomic mass is 15.1. The SMILES string of the molecule is c1ccc(-c2cc3ccccc3c3c2c2cc(N(c4ccccc4)c4cccc5c4-c4ccccc4C5(c4ccccc4)c4ccccc4)ccc2n3-c2ccc3ccccc3c2)cc1. The maximum Gasteiger partial charge on any atom is 0.0714 e. The third-order valence-electron chi connectivity index (χ3n) is 13.8. The Hall–Kier alpha value is -8.46. The molecule has 13 rings (SSSR count). The molecule has 0 atom stereocenters. The second-order valence-electron chi connectivity index (χ2n) is 17.2. The maximum atomic E-state index is 2.51. The number of nitrogens with zero attached hydrogens (tertiary/aromatic N) is 2. The quantitative estimate of drug-likeness (QED) is 0.155. The van der Waals surface area contributed by atoms with Gasteiger partial charge in [0.2, 0.25) is 0 Å². The Balaban J connectivity index is 1.14. The van der Waals surface area contributed by atoms with Crippen LogP contribution < -0.4 is 4.90 Å². The molecule has 1 aliphatic carbocycles. The molecule has 0 radical (unpaired) electrons. The zero-order valence-corrected chi connectivity index (χ0v) is 35.6. The zero-order valence-electron chi connectivity index (χ0n) is 35.6. The molecule has 0 spiro atoms. The highest BCUT2D eigenvalue weighted by Gasteiger charge is 2.47. The predicted molar refractivity (Wildman–Crippen MR) is 273 cm³/mol. The molecule has 0 N–H and O–H groups in total. The van der Waals surface area contributed by atoms with Gasteiger partial charge in [0.15, 0.2) is 0 Å². The average Bonchev–Trinajstić information content (AvgIpc) is 3.89. The van der Waals surface area contributed by atoms with E-state index < -0.39 is 5.41 Å². The molecule has 65 heavy (non-hydrogen) atoms. The summed E-state index contributed by atoms with van der Waals surface area (Å²) in [7, 11) is 0. The van der Waals surface area contributed by atoms with Gasteiger partial charge in [0.05, 0.1) is 22.1 Å². The van der Waals surface area contributed by atoms with Crippen molar-refractivity contribution in [2.75, 3.05) is 4.90 Å². The number of hydrogen-bond donors (Lipinski definition) is 0. The summed E-state index contributed by atoms with van der Waals surface area (Å²) in [6.07, 6.45) is 0. The molecule has 11 aromatic carbocycles. The lowest BCUT2D eigenvalue weighted by Gasteiger charge is -2.34. The van der Waals surface area contributed by atoms with Crippen LogP contribution in [0.25, 0.3) is 71.3 Å². The van der Waals surface area contributed by atoms with Crippen LogP contribution in [0.4, 0.5) is 17.1 Å². The van der Waals surface area contributed by atoms with Crippen molar-refractivity contribution in [3.8, 4) is 27.9 Å². The summed E-state index contributed by atoms with van der Waals surface area (Å²) < 4.78 is 2.51. The Morgan fingerprint density at radius 3 is 1.74 bits per heavy atom. The molecule has 0 bridgehead atoms. The number of aromatic nitrogens is 1. The largest absolute Gasteiger partial charge is 0.310 e. The van der Waals surface area contributed by atoms with Crippen molar-refractivity contribution in [3.63, 3.8) is 0 Å². The Bertz CT molecular complexity index is 3720. The van der Waals surface area contributed by atoms with Gasteiger partial charge in [-0.05, 0) is 110 Å². The Labute approximate surface area is 378 Å². The van der Waals surface area contributed by atoms with E-state index in [1.807, 2.05) is 0 Å². The molecule has 0 saturated carbocycles. The predicted octanol–water partition coefficient (Wildman–Crippen LogP) is 16.6. The van der Waals surface area contributed by atoms with Crippen LogP contribution in [0.3, 0.4) is 0 Å². The normalized spacial score (nSPS) is 12.7. The summed E-state index contributed by atoms with van der Waals surface area (Å²) in [4.78, 5) is 2.49. The molecular formula is C63H42N2. The zero-order chi connectivity index (χ0) is 42.9. The summed E-state index contributed by atoms with van der Waals surface area (Å²) in [5.41, 5.74) is 16.3. The standard InChI is InChI=1S/C63H42N2/c1-5-21-44(22-6-1)54-41-46-24-15-16-31-52(46)62-60(54)55-42-51(38-39-58(55)65(62)50-37-36-43-20-13-14-23-45(43)40-50)64(49-29-11-4-12-30-49)59-35-19-34-57-61(59)53-32-17-18-33-56(53)63(57,47-25-7-2-8-26-47)48-27-9-3-10-28-48/h1-42H. The van der Waals surface area contributed by atoms with Gasteiger partial charge in [-0.3, -0.25) is 0 Å². The van der Waals surface area contributed by atoms with Gasteiger partial charge in [0.25, 0.3) is 0 Å². The van der Waals surface area contributed by atoms with Gasteiger partial charge in [-0.25, -0.2) is 0 Å². The molecule has 1 aliphatic rings. The first-order chi connectivity index (χ1) is 32.3. The Kier molecular flexibility index (Phi) is 8.47. The number of benzene rings is 11. The third kappa shape index (κ3) is 5.60. The fourth-order valence-electron chi connectivity index (χ4n) is 11.1. The van der Waals surface area contributed by atoms with Gasteiger partial charge >= 0.3 is 0 Å². The van der Waals surface area contributed by atoms with E-state index in [1.165, 1.54) is 82.3 Å². The molecule has 0 unspecified atom stereocenters. The van der Waals surface area contributed by atoms with Crippen molar-refractivity contribution in [2.45, 2.75) is 5.41 Å². The summed E-state index contributed by atoms with van der Waals surface area (Å²) in [5, 5.41) is 7.33. The fourth-order valence-corrected chi connectivity index (χ4v) is 11.1. The molecular weight excluding hydrogens is 785 g/mol. The van der Waals surface area contributed by atoms with E-state index in [0.29, 0.717) is 0 Å². The molecule has 1 aromatic heterocycles. The lowest BCUT2D eigenvalue weighted by atomic mass is 9.68. The Morgan fingerprint density at radius 2 is 0.985 bits per heavy atom. The number of hydrogen-bond acceptors (Lipinski definition) is 1. The number of para-hydroxylation sites is 1. The topological polar surface area (TPSA) is 8.17 Å². The van der Waals surface area contributed by atoms with E-state index >= 15 is 0 Å². The molecule has 0 fully saturated rings.